The van der Waals surface area contributed by atoms with Gasteiger partial charge in [0.1, 0.15) is 0 Å². The van der Waals surface area contributed by atoms with Gasteiger partial charge in [0.15, 0.2) is 0 Å². The van der Waals surface area contributed by atoms with E-state index in [-0.39, 0.29) is 11.9 Å². The zero-order valence-electron chi connectivity index (χ0n) is 11.6. The summed E-state index contributed by atoms with van der Waals surface area (Å²) < 4.78 is 0. The first kappa shape index (κ1) is 13.9. The molecular weight excluding hydrogens is 256 g/mol. The van der Waals surface area contributed by atoms with Crippen molar-refractivity contribution in [1.82, 2.24) is 15.2 Å². The van der Waals surface area contributed by atoms with E-state index in [9.17, 15) is 4.79 Å². The fraction of sp³-hybridized carbons (Fsp3) is 0.231. The van der Waals surface area contributed by atoms with E-state index in [4.69, 9.17) is 5.84 Å². The highest BCUT2D eigenvalue weighted by Gasteiger charge is 2.10. The number of aromatic nitrogens is 3. The molecule has 1 amide bonds. The molecule has 1 heterocycles. The van der Waals surface area contributed by atoms with Crippen LogP contribution in [0.3, 0.4) is 0 Å². The minimum atomic E-state index is -0.290. The number of nitrogens with two attached hydrogens (primary N) is 1. The number of hydrogen-bond acceptors (Lipinski definition) is 6. The van der Waals surface area contributed by atoms with Crippen LogP contribution in [-0.4, -0.2) is 21.1 Å². The van der Waals surface area contributed by atoms with Crippen molar-refractivity contribution in [3.8, 4) is 0 Å². The lowest BCUT2D eigenvalue weighted by atomic mass is 10.1. The van der Waals surface area contributed by atoms with Crippen LogP contribution in [0, 0.1) is 20.8 Å². The average Bonchev–Trinajstić information content (AvgIpc) is 2.42. The van der Waals surface area contributed by atoms with Gasteiger partial charge in [0.25, 0.3) is 5.91 Å². The second-order valence-electron chi connectivity index (χ2n) is 4.43. The summed E-state index contributed by atoms with van der Waals surface area (Å²) in [6.45, 7) is 5.48. The maximum atomic E-state index is 12.1. The highest BCUT2D eigenvalue weighted by molar-refractivity contribution is 6.03. The maximum absolute atomic E-state index is 12.1. The maximum Gasteiger partial charge on any atom is 0.258 e. The summed E-state index contributed by atoms with van der Waals surface area (Å²) in [7, 11) is 0. The predicted octanol–water partition coefficient (Wildman–Crippen LogP) is 1.33. The van der Waals surface area contributed by atoms with Crippen LogP contribution in [0.1, 0.15) is 27.3 Å². The van der Waals surface area contributed by atoms with Crippen molar-refractivity contribution in [2.45, 2.75) is 20.8 Å². The van der Waals surface area contributed by atoms with Crippen molar-refractivity contribution in [3.63, 3.8) is 0 Å². The fourth-order valence-electron chi connectivity index (χ4n) is 1.65. The summed E-state index contributed by atoms with van der Waals surface area (Å²) in [6, 6.07) is 5.15. The van der Waals surface area contributed by atoms with E-state index in [1.807, 2.05) is 20.8 Å². The van der Waals surface area contributed by atoms with Gasteiger partial charge in [0.2, 0.25) is 5.95 Å². The van der Waals surface area contributed by atoms with E-state index in [2.05, 4.69) is 25.9 Å². The lowest BCUT2D eigenvalue weighted by Gasteiger charge is -2.08. The zero-order chi connectivity index (χ0) is 14.7. The first-order valence-electron chi connectivity index (χ1n) is 6.08. The Labute approximate surface area is 116 Å². The summed E-state index contributed by atoms with van der Waals surface area (Å²) in [5.74, 6) is 5.25. The van der Waals surface area contributed by atoms with E-state index in [1.165, 1.54) is 0 Å². The Balaban J connectivity index is 2.19. The number of carbonyl (C=O) groups excluding carboxylic acids is 1. The zero-order valence-corrected chi connectivity index (χ0v) is 11.6. The van der Waals surface area contributed by atoms with Gasteiger partial charge in [-0.2, -0.15) is 5.10 Å². The highest BCUT2D eigenvalue weighted by Crippen LogP contribution is 2.16. The molecule has 0 saturated carbocycles. The topological polar surface area (TPSA) is 106 Å². The molecule has 0 unspecified atom stereocenters. The van der Waals surface area contributed by atoms with Gasteiger partial charge in [-0.25, -0.2) is 4.98 Å². The van der Waals surface area contributed by atoms with Crippen LogP contribution >= 0.6 is 0 Å². The van der Waals surface area contributed by atoms with Gasteiger partial charge in [-0.1, -0.05) is 0 Å². The molecule has 104 valence electrons. The molecule has 0 saturated heterocycles. The van der Waals surface area contributed by atoms with Crippen LogP contribution in [0.5, 0.6) is 0 Å². The molecule has 4 N–H and O–H groups in total. The Morgan fingerprint density at radius 2 is 1.90 bits per heavy atom. The number of hydrogen-bond donors (Lipinski definition) is 3. The van der Waals surface area contributed by atoms with Crippen molar-refractivity contribution < 1.29 is 4.79 Å². The third-order valence-corrected chi connectivity index (χ3v) is 2.96. The summed E-state index contributed by atoms with van der Waals surface area (Å²) in [4.78, 5) is 16.2. The molecule has 0 spiro atoms. The number of nitrogen functional groups attached to an aromatic ring is 1. The fourth-order valence-corrected chi connectivity index (χ4v) is 1.65. The quantitative estimate of drug-likeness (QED) is 0.575. The monoisotopic (exact) mass is 272 g/mol. The van der Waals surface area contributed by atoms with Gasteiger partial charge >= 0.3 is 0 Å². The third-order valence-electron chi connectivity index (χ3n) is 2.96. The molecule has 7 nitrogen and oxygen atoms in total. The minimum Gasteiger partial charge on any atom is -0.324 e. The van der Waals surface area contributed by atoms with Crippen molar-refractivity contribution in [2.24, 2.45) is 5.84 Å². The number of amides is 1. The molecule has 0 aliphatic rings. The number of nitrogens with one attached hydrogen (secondary N) is 2. The van der Waals surface area contributed by atoms with Crippen LogP contribution in [0.25, 0.3) is 0 Å². The third kappa shape index (κ3) is 2.89. The number of benzene rings is 1. The smallest absolute Gasteiger partial charge is 0.258 e. The van der Waals surface area contributed by atoms with Gasteiger partial charge in [0.05, 0.1) is 17.1 Å². The van der Waals surface area contributed by atoms with E-state index in [0.29, 0.717) is 5.56 Å². The molecular formula is C13H16N6O. The first-order chi connectivity index (χ1) is 9.51. The molecule has 20 heavy (non-hydrogen) atoms. The Morgan fingerprint density at radius 3 is 2.50 bits per heavy atom. The largest absolute Gasteiger partial charge is 0.324 e. The highest BCUT2D eigenvalue weighted by atomic mass is 16.1. The van der Waals surface area contributed by atoms with Crippen molar-refractivity contribution in [3.05, 3.63) is 40.7 Å². The Hall–Kier alpha value is -2.54. The second-order valence-corrected chi connectivity index (χ2v) is 4.43. The molecule has 2 aromatic rings. The summed E-state index contributed by atoms with van der Waals surface area (Å²) in [6.07, 6.45) is 0. The van der Waals surface area contributed by atoms with E-state index < -0.39 is 0 Å². The van der Waals surface area contributed by atoms with E-state index >= 15 is 0 Å². The Bertz CT molecular complexity index is 655. The molecule has 0 aliphatic carbocycles. The van der Waals surface area contributed by atoms with Gasteiger partial charge in [-0.3, -0.25) is 16.0 Å². The van der Waals surface area contributed by atoms with E-state index in [1.54, 1.807) is 18.2 Å². The Morgan fingerprint density at radius 1 is 1.15 bits per heavy atom. The number of aryl methyl sites for hydroxylation is 3. The Kier molecular flexibility index (Phi) is 3.90. The molecule has 1 aromatic heterocycles. The van der Waals surface area contributed by atoms with E-state index in [0.717, 1.165) is 22.6 Å². The van der Waals surface area contributed by atoms with Crippen molar-refractivity contribution in [2.75, 3.05) is 10.7 Å². The molecule has 7 heteroatoms. The van der Waals surface area contributed by atoms with Crippen LogP contribution in [0.4, 0.5) is 11.6 Å². The number of rotatable bonds is 3. The standard InChI is InChI=1S/C13H16N6O/c1-7-6-10(4-5-11(7)17-14)12(20)16-13-15-8(2)9(3)18-19-13/h4-6,17H,14H2,1-3H3,(H,15,16,19,20). The molecule has 1 aromatic carbocycles. The molecule has 0 bridgehead atoms. The molecule has 0 atom stereocenters. The van der Waals surface area contributed by atoms with Crippen LogP contribution in [0.2, 0.25) is 0 Å². The molecule has 0 aliphatic heterocycles. The summed E-state index contributed by atoms with van der Waals surface area (Å²) >= 11 is 0. The summed E-state index contributed by atoms with van der Waals surface area (Å²) in [5.41, 5.74) is 6.17. The normalized spacial score (nSPS) is 10.2. The van der Waals surface area contributed by atoms with Gasteiger partial charge in [-0.05, 0) is 44.5 Å². The number of anilines is 2. The lowest BCUT2D eigenvalue weighted by molar-refractivity contribution is 0.102. The molecule has 2 rings (SSSR count). The predicted molar refractivity (Wildman–Crippen MR) is 76.2 cm³/mol. The van der Waals surface area contributed by atoms with Crippen LogP contribution in [-0.2, 0) is 0 Å². The average molecular weight is 272 g/mol. The van der Waals surface area contributed by atoms with Gasteiger partial charge in [-0.15, -0.1) is 5.10 Å². The SMILES string of the molecule is Cc1cc(C(=O)Nc2nnc(C)c(C)n2)ccc1NN. The van der Waals surface area contributed by atoms with Crippen molar-refractivity contribution >= 4 is 17.5 Å². The van der Waals surface area contributed by atoms with Gasteiger partial charge < -0.3 is 5.43 Å². The minimum absolute atomic E-state index is 0.191. The number of nitrogens with zero attached hydrogens (tertiary/aromatic N) is 3. The lowest BCUT2D eigenvalue weighted by Crippen LogP contribution is -2.16. The van der Waals surface area contributed by atoms with Gasteiger partial charge in [0, 0.05) is 5.56 Å². The molecule has 0 fully saturated rings. The number of hydrazine groups is 1. The number of carbonyl (C=O) groups is 1. The second kappa shape index (κ2) is 5.62. The van der Waals surface area contributed by atoms with Crippen LogP contribution < -0.4 is 16.6 Å². The van der Waals surface area contributed by atoms with Crippen LogP contribution in [0.15, 0.2) is 18.2 Å². The first-order valence-corrected chi connectivity index (χ1v) is 6.08. The summed E-state index contributed by atoms with van der Waals surface area (Å²) in [5, 5.41) is 10.4. The van der Waals surface area contributed by atoms with Crippen molar-refractivity contribution in [1.29, 1.82) is 0 Å². The molecule has 0 radical (unpaired) electrons.